The molecule has 0 fully saturated rings. The number of nitrogens with zero attached hydrogens (tertiary/aromatic N) is 1. The summed E-state index contributed by atoms with van der Waals surface area (Å²) < 4.78 is 205. The molecule has 0 radical (unpaired) electrons. The first-order valence-electron chi connectivity index (χ1n) is 29.7. The third-order valence-corrected chi connectivity index (χ3v) is 10.1. The van der Waals surface area contributed by atoms with Crippen molar-refractivity contribution in [2.75, 3.05) is 4.90 Å². The lowest BCUT2D eigenvalue weighted by atomic mass is 9.91. The van der Waals surface area contributed by atoms with Crippen LogP contribution in [0.5, 0.6) is 0 Å². The zero-order valence-electron chi connectivity index (χ0n) is 53.2. The van der Waals surface area contributed by atoms with Crippen molar-refractivity contribution in [2.45, 2.75) is 0 Å². The van der Waals surface area contributed by atoms with Gasteiger partial charge in [0.2, 0.25) is 0 Å². The number of rotatable bonds is 8. The average molecular weight is 788 g/mol. The van der Waals surface area contributed by atoms with Gasteiger partial charge >= 0.3 is 0 Å². The van der Waals surface area contributed by atoms with Crippen LogP contribution in [0.2, 0.25) is 0 Å². The van der Waals surface area contributed by atoms with Crippen LogP contribution in [0.3, 0.4) is 0 Å². The molecule has 11 rings (SSSR count). The highest BCUT2D eigenvalue weighted by Gasteiger charge is 2.23. The van der Waals surface area contributed by atoms with Crippen molar-refractivity contribution in [2.24, 2.45) is 0 Å². The third-order valence-electron chi connectivity index (χ3n) is 10.1. The molecule has 11 aromatic rings. The Balaban J connectivity index is 1.27. The van der Waals surface area contributed by atoms with Crippen LogP contribution < -0.4 is 4.90 Å². The van der Waals surface area contributed by atoms with Gasteiger partial charge in [-0.25, -0.2) is 0 Å². The highest BCUT2D eigenvalue weighted by Crippen LogP contribution is 2.47. The van der Waals surface area contributed by atoms with Crippen molar-refractivity contribution in [1.82, 2.24) is 0 Å². The molecule has 0 N–H and O–H groups in total. The molecule has 0 saturated heterocycles. The molecule has 0 spiro atoms. The predicted octanol–water partition coefficient (Wildman–Crippen LogP) is 16.5. The second-order valence-corrected chi connectivity index (χ2v) is 13.5. The minimum absolute atomic E-state index is 0.0558. The van der Waals surface area contributed by atoms with E-state index in [0.717, 1.165) is 21.6 Å². The maximum absolute atomic E-state index is 9.91. The van der Waals surface area contributed by atoms with E-state index >= 15 is 0 Å². The standard InChI is InChI=1S/C58H39NO/c1-4-16-40(17-5-1)42-30-34-47(35-31-42)59(48-36-32-43(33-37-48)46-23-14-22-45(38-46)41-18-6-2-7-19-41)55-39-54-57-52(50-25-11-10-24-49(50)44-20-8-3-9-21-44)28-15-29-56(57)60-58(54)53-27-13-12-26-51(53)55/h1-39H/i1D,2D,4D,5D,6D,7D,14D,16D,17D,18D,19D,22D,23D,30D,31D,32D,33D,34D,35D,36D,37D,38D. The van der Waals surface area contributed by atoms with Crippen molar-refractivity contribution in [3.05, 3.63) is 236 Å². The quantitative estimate of drug-likeness (QED) is 0.152. The second-order valence-electron chi connectivity index (χ2n) is 13.5. The Kier molecular flexibility index (Phi) is 4.83. The molecule has 1 aromatic heterocycles. The summed E-state index contributed by atoms with van der Waals surface area (Å²) in [6.07, 6.45) is 0. The summed E-state index contributed by atoms with van der Waals surface area (Å²) in [7, 11) is 0. The number of anilines is 3. The van der Waals surface area contributed by atoms with Crippen LogP contribution in [-0.4, -0.2) is 0 Å². The van der Waals surface area contributed by atoms with Gasteiger partial charge in [0, 0.05) is 32.9 Å². The van der Waals surface area contributed by atoms with Gasteiger partial charge in [0.15, 0.2) is 0 Å². The Morgan fingerprint density at radius 3 is 1.55 bits per heavy atom. The smallest absolute Gasteiger partial charge is 0.143 e. The average Bonchev–Trinajstić information content (AvgIpc) is 2.13. The fourth-order valence-electron chi connectivity index (χ4n) is 7.41. The molecule has 0 atom stereocenters. The van der Waals surface area contributed by atoms with E-state index in [0.29, 0.717) is 32.9 Å². The Labute approximate surface area is 380 Å². The van der Waals surface area contributed by atoms with Crippen LogP contribution >= 0.6 is 0 Å². The number of fused-ring (bicyclic) bond motifs is 5. The van der Waals surface area contributed by atoms with Gasteiger partial charge in [0.25, 0.3) is 0 Å². The Hall–Kier alpha value is -7.94. The molecule has 2 heteroatoms. The molecule has 0 aliphatic heterocycles. The number of hydrogen-bond donors (Lipinski definition) is 0. The van der Waals surface area contributed by atoms with Gasteiger partial charge in [-0.3, -0.25) is 0 Å². The van der Waals surface area contributed by atoms with Gasteiger partial charge < -0.3 is 9.32 Å². The van der Waals surface area contributed by atoms with Gasteiger partial charge in [-0.15, -0.1) is 0 Å². The van der Waals surface area contributed by atoms with E-state index < -0.39 is 178 Å². The Bertz CT molecular complexity index is 4500. The molecule has 282 valence electrons. The summed E-state index contributed by atoms with van der Waals surface area (Å²) in [5, 5.41) is 1.61. The van der Waals surface area contributed by atoms with Crippen LogP contribution in [0.15, 0.2) is 240 Å². The Morgan fingerprint density at radius 1 is 0.367 bits per heavy atom. The summed E-state index contributed by atoms with van der Waals surface area (Å²) in [6, 6.07) is 11.5. The molecule has 60 heavy (non-hydrogen) atoms. The minimum atomic E-state index is -0.989. The zero-order chi connectivity index (χ0) is 59.0. The summed E-state index contributed by atoms with van der Waals surface area (Å²) in [4.78, 5) is 1.00. The molecule has 1 heterocycles. The van der Waals surface area contributed by atoms with Crippen LogP contribution in [-0.2, 0) is 0 Å². The lowest BCUT2D eigenvalue weighted by Crippen LogP contribution is -2.10. The maximum Gasteiger partial charge on any atom is 0.143 e. The first-order chi connectivity index (χ1) is 38.9. The van der Waals surface area contributed by atoms with E-state index in [9.17, 15) is 12.3 Å². The minimum Gasteiger partial charge on any atom is -0.455 e. The van der Waals surface area contributed by atoms with Gasteiger partial charge in [0.05, 0.1) is 35.8 Å². The van der Waals surface area contributed by atoms with E-state index in [2.05, 4.69) is 0 Å². The molecule has 0 aliphatic carbocycles. The van der Waals surface area contributed by atoms with Gasteiger partial charge in [-0.2, -0.15) is 0 Å². The van der Waals surface area contributed by atoms with E-state index in [4.69, 9.17) is 22.2 Å². The van der Waals surface area contributed by atoms with Crippen molar-refractivity contribution in [3.8, 4) is 55.6 Å². The fraction of sp³-hybridized carbons (Fsp3) is 0. The van der Waals surface area contributed by atoms with Crippen molar-refractivity contribution >= 4 is 49.8 Å². The molecular weight excluding hydrogens is 727 g/mol. The highest BCUT2D eigenvalue weighted by atomic mass is 16.3. The molecule has 0 bridgehead atoms. The van der Waals surface area contributed by atoms with Crippen LogP contribution in [0.25, 0.3) is 88.3 Å². The number of hydrogen-bond acceptors (Lipinski definition) is 2. The number of benzene rings is 10. The van der Waals surface area contributed by atoms with E-state index in [1.165, 1.54) is 0 Å². The predicted molar refractivity (Wildman–Crippen MR) is 253 cm³/mol. The van der Waals surface area contributed by atoms with E-state index in [-0.39, 0.29) is 11.1 Å². The summed E-state index contributed by atoms with van der Waals surface area (Å²) in [5.74, 6) is 0. The summed E-state index contributed by atoms with van der Waals surface area (Å²) in [6.45, 7) is 0. The van der Waals surface area contributed by atoms with E-state index in [1.54, 1.807) is 36.4 Å². The largest absolute Gasteiger partial charge is 0.455 e. The lowest BCUT2D eigenvalue weighted by Gasteiger charge is -2.27. The van der Waals surface area contributed by atoms with Gasteiger partial charge in [-0.1, -0.05) is 194 Å². The molecule has 0 unspecified atom stereocenters. The van der Waals surface area contributed by atoms with Crippen molar-refractivity contribution < 1.29 is 34.6 Å². The monoisotopic (exact) mass is 787 g/mol. The number of furan rings is 1. The lowest BCUT2D eigenvalue weighted by molar-refractivity contribution is 0.673. The molecular formula is C58H39NO. The first-order valence-corrected chi connectivity index (χ1v) is 18.7. The molecule has 0 saturated carbocycles. The van der Waals surface area contributed by atoms with Crippen LogP contribution in [0.4, 0.5) is 17.1 Å². The fourth-order valence-corrected chi connectivity index (χ4v) is 7.41. The SMILES string of the molecule is [2H]c1c([2H])c([2H])c(-c2c([2H])c([2H])c(N(c3c([2H])c([2H])c(-c4c([2H])c([2H])c([2H])c(-c5c([2H])c([2H])c([2H])c([2H])c5[2H])c4[2H])c([2H])c3[2H])c3cc4c(oc5cccc(-c6ccccc6-c6ccccc6)c54)c4ccccc34)c([2H])c2[2H])c([2H])c1[2H]. The van der Waals surface area contributed by atoms with Crippen LogP contribution in [0, 0.1) is 0 Å². The molecule has 2 nitrogen and oxygen atoms in total. The highest BCUT2D eigenvalue weighted by molar-refractivity contribution is 6.23. The van der Waals surface area contributed by atoms with Gasteiger partial charge in [0.1, 0.15) is 11.2 Å². The summed E-state index contributed by atoms with van der Waals surface area (Å²) >= 11 is 0. The second kappa shape index (κ2) is 15.1. The van der Waals surface area contributed by atoms with Gasteiger partial charge in [-0.05, 0) is 98.0 Å². The third kappa shape index (κ3) is 6.32. The molecule has 0 aliphatic rings. The molecule has 0 amide bonds. The first kappa shape index (κ1) is 19.2. The van der Waals surface area contributed by atoms with Crippen molar-refractivity contribution in [3.63, 3.8) is 0 Å². The van der Waals surface area contributed by atoms with E-state index in [1.807, 2.05) is 66.7 Å². The normalized spacial score (nSPS) is 16.5. The maximum atomic E-state index is 9.91. The van der Waals surface area contributed by atoms with Crippen molar-refractivity contribution in [1.29, 1.82) is 0 Å². The molecule has 10 aromatic carbocycles. The Morgan fingerprint density at radius 2 is 0.883 bits per heavy atom. The summed E-state index contributed by atoms with van der Waals surface area (Å²) in [5.41, 5.74) is -1.76. The van der Waals surface area contributed by atoms with Crippen LogP contribution in [0.1, 0.15) is 30.2 Å². The topological polar surface area (TPSA) is 16.4 Å². The zero-order valence-corrected chi connectivity index (χ0v) is 31.2.